The second kappa shape index (κ2) is 9.67. The SMILES string of the molecule is Cc1cc(C)c(OCc2nc3ccccc3n2CC(O)COc2cccc(C)c2C)c(C)c1. The molecule has 0 radical (unpaired) electrons. The second-order valence-corrected chi connectivity index (χ2v) is 8.81. The number of aryl methyl sites for hydroxylation is 4. The molecule has 0 amide bonds. The number of ether oxygens (including phenoxy) is 2. The smallest absolute Gasteiger partial charge is 0.148 e. The first kappa shape index (κ1) is 22.9. The van der Waals surface area contributed by atoms with Crippen LogP contribution in [0.1, 0.15) is 33.6 Å². The number of aromatic nitrogens is 2. The van der Waals surface area contributed by atoms with E-state index in [2.05, 4.69) is 45.9 Å². The number of fused-ring (bicyclic) bond motifs is 1. The quantitative estimate of drug-likeness (QED) is 0.384. The molecule has 1 atom stereocenters. The van der Waals surface area contributed by atoms with Gasteiger partial charge in [0.2, 0.25) is 0 Å². The normalized spacial score (nSPS) is 12.2. The topological polar surface area (TPSA) is 56.5 Å². The Bertz CT molecular complexity index is 1250. The summed E-state index contributed by atoms with van der Waals surface area (Å²) in [6.07, 6.45) is -0.691. The molecule has 5 heteroatoms. The van der Waals surface area contributed by atoms with Crippen molar-refractivity contribution in [2.45, 2.75) is 53.9 Å². The standard InChI is InChI=1S/C28H32N2O3/c1-18-13-20(3)28(21(4)14-18)33-17-27-29-24-10-6-7-11-25(24)30(27)15-23(31)16-32-26-12-8-9-19(2)22(26)5/h6-14,23,31H,15-17H2,1-5H3. The minimum Gasteiger partial charge on any atom is -0.491 e. The maximum absolute atomic E-state index is 10.8. The molecule has 172 valence electrons. The van der Waals surface area contributed by atoms with Crippen LogP contribution < -0.4 is 9.47 Å². The summed E-state index contributed by atoms with van der Waals surface area (Å²) in [5.41, 5.74) is 7.56. The summed E-state index contributed by atoms with van der Waals surface area (Å²) in [5, 5.41) is 10.8. The zero-order valence-corrected chi connectivity index (χ0v) is 20.1. The van der Waals surface area contributed by atoms with Gasteiger partial charge in [-0.2, -0.15) is 0 Å². The summed E-state index contributed by atoms with van der Waals surface area (Å²) in [6, 6.07) is 18.2. The van der Waals surface area contributed by atoms with Crippen molar-refractivity contribution in [1.82, 2.24) is 9.55 Å². The van der Waals surface area contributed by atoms with Crippen LogP contribution in [0.15, 0.2) is 54.6 Å². The van der Waals surface area contributed by atoms with Crippen molar-refractivity contribution < 1.29 is 14.6 Å². The predicted octanol–water partition coefficient (Wildman–Crippen LogP) is 5.60. The number of aliphatic hydroxyl groups excluding tert-OH is 1. The fourth-order valence-electron chi connectivity index (χ4n) is 4.30. The zero-order valence-electron chi connectivity index (χ0n) is 20.1. The highest BCUT2D eigenvalue weighted by atomic mass is 16.5. The Morgan fingerprint density at radius 3 is 2.36 bits per heavy atom. The van der Waals surface area contributed by atoms with Gasteiger partial charge in [-0.15, -0.1) is 0 Å². The van der Waals surface area contributed by atoms with Gasteiger partial charge in [-0.25, -0.2) is 4.98 Å². The van der Waals surface area contributed by atoms with Crippen LogP contribution in [0.4, 0.5) is 0 Å². The highest BCUT2D eigenvalue weighted by Crippen LogP contribution is 2.26. The Balaban J connectivity index is 1.53. The fourth-order valence-corrected chi connectivity index (χ4v) is 4.30. The van der Waals surface area contributed by atoms with Crippen LogP contribution in [-0.4, -0.2) is 27.4 Å². The van der Waals surface area contributed by atoms with Crippen LogP contribution in [0.5, 0.6) is 11.5 Å². The predicted molar refractivity (Wildman–Crippen MR) is 132 cm³/mol. The Labute approximate surface area is 195 Å². The molecule has 0 saturated carbocycles. The fraction of sp³-hybridized carbons (Fsp3) is 0.321. The van der Waals surface area contributed by atoms with Crippen molar-refractivity contribution in [3.63, 3.8) is 0 Å². The van der Waals surface area contributed by atoms with Crippen molar-refractivity contribution in [2.75, 3.05) is 6.61 Å². The number of benzene rings is 3. The highest BCUT2D eigenvalue weighted by molar-refractivity contribution is 5.75. The first-order chi connectivity index (χ1) is 15.8. The summed E-state index contributed by atoms with van der Waals surface area (Å²) >= 11 is 0. The minimum atomic E-state index is -0.691. The van der Waals surface area contributed by atoms with Crippen molar-refractivity contribution in [2.24, 2.45) is 0 Å². The van der Waals surface area contributed by atoms with E-state index >= 15 is 0 Å². The molecule has 0 spiro atoms. The van der Waals surface area contributed by atoms with E-state index in [0.717, 1.165) is 45.0 Å². The molecular formula is C28H32N2O3. The van der Waals surface area contributed by atoms with Crippen LogP contribution in [0, 0.1) is 34.6 Å². The van der Waals surface area contributed by atoms with E-state index in [1.54, 1.807) is 0 Å². The van der Waals surface area contributed by atoms with E-state index < -0.39 is 6.10 Å². The lowest BCUT2D eigenvalue weighted by atomic mass is 10.1. The molecule has 0 fully saturated rings. The van der Waals surface area contributed by atoms with E-state index in [1.807, 2.05) is 47.9 Å². The molecule has 5 nitrogen and oxygen atoms in total. The van der Waals surface area contributed by atoms with Crippen LogP contribution in [-0.2, 0) is 13.2 Å². The lowest BCUT2D eigenvalue weighted by molar-refractivity contribution is 0.0914. The average Bonchev–Trinajstić information content (AvgIpc) is 3.11. The summed E-state index contributed by atoms with van der Waals surface area (Å²) in [4.78, 5) is 4.79. The van der Waals surface area contributed by atoms with Gasteiger partial charge in [0.25, 0.3) is 0 Å². The van der Waals surface area contributed by atoms with Crippen molar-refractivity contribution >= 4 is 11.0 Å². The lowest BCUT2D eigenvalue weighted by Crippen LogP contribution is -2.25. The second-order valence-electron chi connectivity index (χ2n) is 8.81. The maximum atomic E-state index is 10.8. The van der Waals surface area contributed by atoms with Gasteiger partial charge in [0.05, 0.1) is 17.6 Å². The van der Waals surface area contributed by atoms with Gasteiger partial charge in [0.1, 0.15) is 36.6 Å². The summed E-state index contributed by atoms with van der Waals surface area (Å²) in [6.45, 7) is 11.2. The number of imidazole rings is 1. The van der Waals surface area contributed by atoms with Crippen LogP contribution in [0.25, 0.3) is 11.0 Å². The van der Waals surface area contributed by atoms with Gasteiger partial charge in [0.15, 0.2) is 0 Å². The molecule has 33 heavy (non-hydrogen) atoms. The van der Waals surface area contributed by atoms with Gasteiger partial charge < -0.3 is 19.1 Å². The molecule has 1 N–H and O–H groups in total. The lowest BCUT2D eigenvalue weighted by Gasteiger charge is -2.18. The van der Waals surface area contributed by atoms with Crippen molar-refractivity contribution in [3.8, 4) is 11.5 Å². The minimum absolute atomic E-state index is 0.202. The van der Waals surface area contributed by atoms with Gasteiger partial charge in [-0.3, -0.25) is 0 Å². The number of hydrogen-bond donors (Lipinski definition) is 1. The third-order valence-electron chi connectivity index (χ3n) is 6.06. The van der Waals surface area contributed by atoms with Crippen molar-refractivity contribution in [1.29, 1.82) is 0 Å². The zero-order chi connectivity index (χ0) is 23.5. The molecule has 0 saturated heterocycles. The van der Waals surface area contributed by atoms with Gasteiger partial charge >= 0.3 is 0 Å². The molecule has 4 aromatic rings. The molecule has 0 bridgehead atoms. The highest BCUT2D eigenvalue weighted by Gasteiger charge is 2.17. The number of para-hydroxylation sites is 2. The number of nitrogens with zero attached hydrogens (tertiary/aromatic N) is 2. The van der Waals surface area contributed by atoms with Crippen molar-refractivity contribution in [3.05, 3.63) is 88.2 Å². The molecular weight excluding hydrogens is 412 g/mol. The maximum Gasteiger partial charge on any atom is 0.148 e. The van der Waals surface area contributed by atoms with Gasteiger partial charge in [-0.05, 0) is 75.1 Å². The molecule has 1 unspecified atom stereocenters. The number of rotatable bonds is 8. The Morgan fingerprint density at radius 2 is 1.61 bits per heavy atom. The van der Waals surface area contributed by atoms with Crippen LogP contribution in [0.3, 0.4) is 0 Å². The molecule has 1 heterocycles. The van der Waals surface area contributed by atoms with E-state index in [1.165, 1.54) is 11.1 Å². The third kappa shape index (κ3) is 5.04. The largest absolute Gasteiger partial charge is 0.491 e. The Hall–Kier alpha value is -3.31. The number of aliphatic hydroxyl groups is 1. The van der Waals surface area contributed by atoms with E-state index in [0.29, 0.717) is 13.2 Å². The Kier molecular flexibility index (Phi) is 6.70. The summed E-state index contributed by atoms with van der Waals surface area (Å²) < 4.78 is 14.2. The summed E-state index contributed by atoms with van der Waals surface area (Å²) in [5.74, 6) is 2.47. The molecule has 4 rings (SSSR count). The van der Waals surface area contributed by atoms with E-state index in [4.69, 9.17) is 14.5 Å². The van der Waals surface area contributed by atoms with Crippen LogP contribution in [0.2, 0.25) is 0 Å². The molecule has 0 aliphatic rings. The molecule has 1 aromatic heterocycles. The van der Waals surface area contributed by atoms with Crippen LogP contribution >= 0.6 is 0 Å². The first-order valence-corrected chi connectivity index (χ1v) is 11.4. The molecule has 0 aliphatic carbocycles. The molecule has 0 aliphatic heterocycles. The van der Waals surface area contributed by atoms with E-state index in [9.17, 15) is 5.11 Å². The van der Waals surface area contributed by atoms with E-state index in [-0.39, 0.29) is 6.61 Å². The Morgan fingerprint density at radius 1 is 0.879 bits per heavy atom. The molecule has 3 aromatic carbocycles. The first-order valence-electron chi connectivity index (χ1n) is 11.4. The van der Waals surface area contributed by atoms with Gasteiger partial charge in [-0.1, -0.05) is 42.0 Å². The third-order valence-corrected chi connectivity index (χ3v) is 6.06. The average molecular weight is 445 g/mol. The monoisotopic (exact) mass is 444 g/mol. The summed E-state index contributed by atoms with van der Waals surface area (Å²) in [7, 11) is 0. The number of hydrogen-bond acceptors (Lipinski definition) is 4. The van der Waals surface area contributed by atoms with Gasteiger partial charge in [0, 0.05) is 0 Å².